The molecule has 0 aliphatic carbocycles. The van der Waals surface area contributed by atoms with Gasteiger partial charge in [-0.1, -0.05) is 47.5 Å². The quantitative estimate of drug-likeness (QED) is 0.576. The second kappa shape index (κ2) is 7.85. The first-order chi connectivity index (χ1) is 12.5. The number of anilines is 1. The van der Waals surface area contributed by atoms with Gasteiger partial charge < -0.3 is 14.9 Å². The minimum Gasteiger partial charge on any atom is -0.462 e. The highest BCUT2D eigenvalue weighted by Gasteiger charge is 2.26. The number of carbonyl (C=O) groups excluding carboxylic acids is 1. The van der Waals surface area contributed by atoms with Crippen molar-refractivity contribution in [3.63, 3.8) is 0 Å². The molecule has 1 aromatic heterocycles. The molecule has 3 aromatic rings. The Morgan fingerprint density at radius 2 is 1.85 bits per heavy atom. The molecule has 3 rings (SSSR count). The van der Waals surface area contributed by atoms with Crippen molar-refractivity contribution in [3.05, 3.63) is 75.3 Å². The maximum absolute atomic E-state index is 12.4. The predicted molar refractivity (Wildman–Crippen MR) is 104 cm³/mol. The Balaban J connectivity index is 2.13. The van der Waals surface area contributed by atoms with Gasteiger partial charge in [-0.05, 0) is 36.8 Å². The van der Waals surface area contributed by atoms with Crippen molar-refractivity contribution in [1.82, 2.24) is 0 Å². The second-order valence-electron chi connectivity index (χ2n) is 5.68. The summed E-state index contributed by atoms with van der Waals surface area (Å²) in [6.45, 7) is 1.99. The number of halogens is 2. The maximum atomic E-state index is 12.4. The van der Waals surface area contributed by atoms with E-state index in [4.69, 9.17) is 38.1 Å². The van der Waals surface area contributed by atoms with Crippen molar-refractivity contribution in [2.75, 3.05) is 12.3 Å². The first kappa shape index (κ1) is 18.4. The Labute approximate surface area is 161 Å². The van der Waals surface area contributed by atoms with Crippen LogP contribution in [0.1, 0.15) is 28.4 Å². The lowest BCUT2D eigenvalue weighted by Crippen LogP contribution is -2.09. The molecule has 0 radical (unpaired) electrons. The van der Waals surface area contributed by atoms with Crippen LogP contribution in [-0.4, -0.2) is 12.6 Å². The summed E-state index contributed by atoms with van der Waals surface area (Å²) in [5.74, 6) is 0.0244. The molecular formula is C20H17Cl2NO3. The summed E-state index contributed by atoms with van der Waals surface area (Å²) in [5, 5.41) is 1.20. The van der Waals surface area contributed by atoms with Gasteiger partial charge in [0, 0.05) is 27.6 Å². The van der Waals surface area contributed by atoms with Gasteiger partial charge in [-0.2, -0.15) is 0 Å². The first-order valence-corrected chi connectivity index (χ1v) is 8.83. The van der Waals surface area contributed by atoms with Gasteiger partial charge in [0.05, 0.1) is 6.61 Å². The summed E-state index contributed by atoms with van der Waals surface area (Å²) in [7, 11) is 0. The zero-order valence-electron chi connectivity index (χ0n) is 14.1. The molecule has 6 heteroatoms. The van der Waals surface area contributed by atoms with Crippen LogP contribution in [0, 0.1) is 0 Å². The van der Waals surface area contributed by atoms with Gasteiger partial charge in [-0.3, -0.25) is 0 Å². The summed E-state index contributed by atoms with van der Waals surface area (Å²) in [5.41, 5.74) is 8.61. The number of esters is 1. The smallest absolute Gasteiger partial charge is 0.344 e. The lowest BCUT2D eigenvalue weighted by Gasteiger charge is -2.07. The Morgan fingerprint density at radius 3 is 2.50 bits per heavy atom. The maximum Gasteiger partial charge on any atom is 0.344 e. The van der Waals surface area contributed by atoms with Crippen LogP contribution in [0.5, 0.6) is 0 Å². The molecule has 2 N–H and O–H groups in total. The van der Waals surface area contributed by atoms with Crippen molar-refractivity contribution >= 4 is 35.1 Å². The minimum atomic E-state index is -0.508. The highest BCUT2D eigenvalue weighted by Crippen LogP contribution is 2.36. The van der Waals surface area contributed by atoms with Crippen molar-refractivity contribution < 1.29 is 13.9 Å². The van der Waals surface area contributed by atoms with E-state index in [1.807, 2.05) is 24.3 Å². The van der Waals surface area contributed by atoms with E-state index >= 15 is 0 Å². The van der Waals surface area contributed by atoms with Crippen LogP contribution >= 0.6 is 23.2 Å². The number of furan rings is 1. The fourth-order valence-electron chi connectivity index (χ4n) is 2.75. The lowest BCUT2D eigenvalue weighted by atomic mass is 9.98. The molecule has 2 aromatic carbocycles. The van der Waals surface area contributed by atoms with Crippen molar-refractivity contribution in [2.45, 2.75) is 13.3 Å². The molecule has 0 saturated carbocycles. The van der Waals surface area contributed by atoms with E-state index in [0.29, 0.717) is 27.8 Å². The highest BCUT2D eigenvalue weighted by molar-refractivity contribution is 6.31. The van der Waals surface area contributed by atoms with E-state index in [-0.39, 0.29) is 18.1 Å². The zero-order valence-corrected chi connectivity index (χ0v) is 15.6. The minimum absolute atomic E-state index is 0.0300. The van der Waals surface area contributed by atoms with Gasteiger partial charge in [0.15, 0.2) is 0 Å². The average molecular weight is 390 g/mol. The molecule has 0 fully saturated rings. The number of hydrogen-bond acceptors (Lipinski definition) is 4. The Hall–Kier alpha value is -2.43. The molecule has 26 heavy (non-hydrogen) atoms. The number of ether oxygens (including phenoxy) is 1. The molecule has 134 valence electrons. The number of nitrogens with two attached hydrogens (primary N) is 1. The van der Waals surface area contributed by atoms with E-state index in [1.165, 1.54) is 0 Å². The first-order valence-electron chi connectivity index (χ1n) is 8.08. The molecular weight excluding hydrogens is 373 g/mol. The van der Waals surface area contributed by atoms with E-state index < -0.39 is 5.97 Å². The van der Waals surface area contributed by atoms with Gasteiger partial charge in [-0.25, -0.2) is 4.79 Å². The lowest BCUT2D eigenvalue weighted by molar-refractivity contribution is 0.0526. The van der Waals surface area contributed by atoms with Crippen LogP contribution in [0.4, 0.5) is 5.88 Å². The number of hydrogen-bond donors (Lipinski definition) is 1. The Bertz CT molecular complexity index is 933. The van der Waals surface area contributed by atoms with Crippen molar-refractivity contribution in [1.29, 1.82) is 0 Å². The van der Waals surface area contributed by atoms with E-state index in [9.17, 15) is 4.79 Å². The van der Waals surface area contributed by atoms with E-state index in [0.717, 1.165) is 11.1 Å². The van der Waals surface area contributed by atoms with Crippen LogP contribution < -0.4 is 5.73 Å². The molecule has 1 heterocycles. The van der Waals surface area contributed by atoms with Crippen LogP contribution in [-0.2, 0) is 11.2 Å². The molecule has 0 saturated heterocycles. The summed E-state index contributed by atoms with van der Waals surface area (Å²) in [6.07, 6.45) is 0.438. The normalized spacial score (nSPS) is 10.7. The fraction of sp³-hybridized carbons (Fsp3) is 0.150. The Morgan fingerprint density at radius 1 is 1.12 bits per heavy atom. The number of carbonyl (C=O) groups is 1. The fourth-order valence-corrected chi connectivity index (χ4v) is 3.07. The predicted octanol–water partition coefficient (Wildman–Crippen LogP) is 5.60. The van der Waals surface area contributed by atoms with Crippen LogP contribution in [0.25, 0.3) is 11.3 Å². The molecule has 0 spiro atoms. The summed E-state index contributed by atoms with van der Waals surface area (Å²) in [6, 6.07) is 14.6. The molecule has 0 aliphatic heterocycles. The van der Waals surface area contributed by atoms with Gasteiger partial charge in [0.25, 0.3) is 0 Å². The zero-order chi connectivity index (χ0) is 18.7. The molecule has 0 unspecified atom stereocenters. The molecule has 4 nitrogen and oxygen atoms in total. The monoisotopic (exact) mass is 389 g/mol. The number of rotatable bonds is 5. The standard InChI is InChI=1S/C20H17Cl2NO3/c1-2-25-20(24)17-16(10-12-6-8-14(21)9-7-12)18(26-19(17)23)13-4-3-5-15(22)11-13/h3-9,11H,2,10,23H2,1H3. The molecule has 0 aliphatic rings. The Kier molecular flexibility index (Phi) is 5.55. The number of nitrogen functional groups attached to an aromatic ring is 1. The number of benzene rings is 2. The summed E-state index contributed by atoms with van der Waals surface area (Å²) in [4.78, 5) is 12.4. The van der Waals surface area contributed by atoms with Gasteiger partial charge in [0.2, 0.25) is 5.88 Å². The van der Waals surface area contributed by atoms with Crippen LogP contribution in [0.15, 0.2) is 52.9 Å². The van der Waals surface area contributed by atoms with Crippen LogP contribution in [0.2, 0.25) is 10.0 Å². The van der Waals surface area contributed by atoms with Gasteiger partial charge in [-0.15, -0.1) is 0 Å². The third-order valence-electron chi connectivity index (χ3n) is 3.89. The second-order valence-corrected chi connectivity index (χ2v) is 6.56. The molecule has 0 bridgehead atoms. The summed E-state index contributed by atoms with van der Waals surface area (Å²) < 4.78 is 10.9. The average Bonchev–Trinajstić information content (AvgIpc) is 2.93. The van der Waals surface area contributed by atoms with E-state index in [1.54, 1.807) is 31.2 Å². The molecule has 0 amide bonds. The van der Waals surface area contributed by atoms with Crippen molar-refractivity contribution in [2.24, 2.45) is 0 Å². The SMILES string of the molecule is CCOC(=O)c1c(N)oc(-c2cccc(Cl)c2)c1Cc1ccc(Cl)cc1. The van der Waals surface area contributed by atoms with Crippen LogP contribution in [0.3, 0.4) is 0 Å². The third kappa shape index (κ3) is 3.87. The largest absolute Gasteiger partial charge is 0.462 e. The van der Waals surface area contributed by atoms with Crippen molar-refractivity contribution in [3.8, 4) is 11.3 Å². The van der Waals surface area contributed by atoms with E-state index in [2.05, 4.69) is 0 Å². The topological polar surface area (TPSA) is 65.5 Å². The van der Waals surface area contributed by atoms with Gasteiger partial charge in [0.1, 0.15) is 11.3 Å². The molecule has 0 atom stereocenters. The highest BCUT2D eigenvalue weighted by atomic mass is 35.5. The summed E-state index contributed by atoms with van der Waals surface area (Å²) >= 11 is 12.1. The van der Waals surface area contributed by atoms with Gasteiger partial charge >= 0.3 is 5.97 Å². The third-order valence-corrected chi connectivity index (χ3v) is 4.38.